The molecule has 1 aromatic rings. The SMILES string of the molecule is Cc1nc(C)c(C(=O)N[C@H]2C[C@@H](O)CN(CCC(N)=O)C2)s1. The molecule has 1 saturated heterocycles. The number of piperidine rings is 1. The van der Waals surface area contributed by atoms with Gasteiger partial charge in [0.2, 0.25) is 5.91 Å². The molecule has 0 saturated carbocycles. The summed E-state index contributed by atoms with van der Waals surface area (Å²) >= 11 is 1.37. The van der Waals surface area contributed by atoms with Crippen molar-refractivity contribution >= 4 is 23.2 Å². The van der Waals surface area contributed by atoms with E-state index in [1.807, 2.05) is 18.7 Å². The van der Waals surface area contributed by atoms with Gasteiger partial charge in [-0.1, -0.05) is 0 Å². The van der Waals surface area contributed by atoms with Gasteiger partial charge in [-0.2, -0.15) is 0 Å². The molecule has 122 valence electrons. The van der Waals surface area contributed by atoms with Gasteiger partial charge in [0.15, 0.2) is 0 Å². The lowest BCUT2D eigenvalue weighted by Crippen LogP contribution is -2.53. The minimum Gasteiger partial charge on any atom is -0.392 e. The van der Waals surface area contributed by atoms with Crippen LogP contribution < -0.4 is 11.1 Å². The van der Waals surface area contributed by atoms with Gasteiger partial charge < -0.3 is 16.2 Å². The van der Waals surface area contributed by atoms with Crippen LogP contribution in [0, 0.1) is 13.8 Å². The number of thiazole rings is 1. The predicted molar refractivity (Wildman–Crippen MR) is 83.7 cm³/mol. The summed E-state index contributed by atoms with van der Waals surface area (Å²) in [5, 5.41) is 13.7. The maximum absolute atomic E-state index is 12.3. The molecule has 0 unspecified atom stereocenters. The Morgan fingerprint density at radius 3 is 2.77 bits per heavy atom. The van der Waals surface area contributed by atoms with E-state index in [0.717, 1.165) is 10.7 Å². The van der Waals surface area contributed by atoms with E-state index in [9.17, 15) is 14.7 Å². The van der Waals surface area contributed by atoms with Crippen LogP contribution in [0.4, 0.5) is 0 Å². The first-order chi connectivity index (χ1) is 10.3. The number of carbonyl (C=O) groups is 2. The molecule has 1 aliphatic heterocycles. The molecule has 8 heteroatoms. The van der Waals surface area contributed by atoms with Gasteiger partial charge in [-0.05, 0) is 20.3 Å². The number of hydrogen-bond donors (Lipinski definition) is 3. The molecule has 1 aromatic heterocycles. The Bertz CT molecular complexity index is 560. The van der Waals surface area contributed by atoms with Crippen molar-refractivity contribution in [2.75, 3.05) is 19.6 Å². The van der Waals surface area contributed by atoms with E-state index in [0.29, 0.717) is 30.9 Å². The number of primary amides is 1. The largest absolute Gasteiger partial charge is 0.392 e. The first kappa shape index (κ1) is 16.9. The van der Waals surface area contributed by atoms with Crippen molar-refractivity contribution in [1.82, 2.24) is 15.2 Å². The van der Waals surface area contributed by atoms with Gasteiger partial charge in [-0.25, -0.2) is 4.98 Å². The Morgan fingerprint density at radius 1 is 1.45 bits per heavy atom. The van der Waals surface area contributed by atoms with Crippen molar-refractivity contribution in [1.29, 1.82) is 0 Å². The number of nitrogens with zero attached hydrogens (tertiary/aromatic N) is 2. The summed E-state index contributed by atoms with van der Waals surface area (Å²) in [6, 6.07) is -0.147. The van der Waals surface area contributed by atoms with Crippen LogP contribution in [-0.4, -0.2) is 58.6 Å². The third kappa shape index (κ3) is 4.49. The molecule has 22 heavy (non-hydrogen) atoms. The number of aromatic nitrogens is 1. The number of likely N-dealkylation sites (tertiary alicyclic amines) is 1. The molecule has 0 spiro atoms. The topological polar surface area (TPSA) is 109 Å². The van der Waals surface area contributed by atoms with Crippen LogP contribution in [0.2, 0.25) is 0 Å². The average molecular weight is 326 g/mol. The molecule has 4 N–H and O–H groups in total. The van der Waals surface area contributed by atoms with Gasteiger partial charge in [0.05, 0.1) is 16.8 Å². The van der Waals surface area contributed by atoms with E-state index in [4.69, 9.17) is 5.73 Å². The van der Waals surface area contributed by atoms with Crippen LogP contribution in [0.25, 0.3) is 0 Å². The Hall–Kier alpha value is -1.51. The van der Waals surface area contributed by atoms with Crippen LogP contribution in [-0.2, 0) is 4.79 Å². The lowest BCUT2D eigenvalue weighted by atomic mass is 10.0. The number of amides is 2. The number of nitrogens with two attached hydrogens (primary N) is 1. The Balaban J connectivity index is 1.94. The zero-order valence-corrected chi connectivity index (χ0v) is 13.7. The number of aliphatic hydroxyl groups excluding tert-OH is 1. The number of rotatable bonds is 5. The van der Waals surface area contributed by atoms with Crippen molar-refractivity contribution in [3.05, 3.63) is 15.6 Å². The number of aryl methyl sites for hydroxylation is 2. The zero-order chi connectivity index (χ0) is 16.3. The third-order valence-electron chi connectivity index (χ3n) is 3.62. The van der Waals surface area contributed by atoms with Gasteiger partial charge in [0.1, 0.15) is 4.88 Å². The van der Waals surface area contributed by atoms with Crippen LogP contribution in [0.1, 0.15) is 33.2 Å². The third-order valence-corrected chi connectivity index (χ3v) is 4.70. The summed E-state index contributed by atoms with van der Waals surface area (Å²) in [6.07, 6.45) is 0.243. The number of aliphatic hydroxyl groups is 1. The second-order valence-electron chi connectivity index (χ2n) is 5.68. The van der Waals surface area contributed by atoms with Crippen LogP contribution >= 0.6 is 11.3 Å². The van der Waals surface area contributed by atoms with Gasteiger partial charge in [-0.3, -0.25) is 14.5 Å². The summed E-state index contributed by atoms with van der Waals surface area (Å²) in [4.78, 5) is 30.0. The molecule has 0 aromatic carbocycles. The molecule has 0 aliphatic carbocycles. The van der Waals surface area contributed by atoms with Gasteiger partial charge in [0.25, 0.3) is 5.91 Å². The highest BCUT2D eigenvalue weighted by Gasteiger charge is 2.28. The quantitative estimate of drug-likeness (QED) is 0.694. The summed E-state index contributed by atoms with van der Waals surface area (Å²) in [7, 11) is 0. The van der Waals surface area contributed by atoms with Gasteiger partial charge in [-0.15, -0.1) is 11.3 Å². The number of hydrogen-bond acceptors (Lipinski definition) is 6. The fourth-order valence-electron chi connectivity index (χ4n) is 2.71. The molecule has 0 radical (unpaired) electrons. The fourth-order valence-corrected chi connectivity index (χ4v) is 3.53. The van der Waals surface area contributed by atoms with E-state index in [1.54, 1.807) is 0 Å². The molecule has 2 amide bonds. The van der Waals surface area contributed by atoms with Crippen molar-refractivity contribution < 1.29 is 14.7 Å². The van der Waals surface area contributed by atoms with Gasteiger partial charge in [0, 0.05) is 32.1 Å². The highest BCUT2D eigenvalue weighted by Crippen LogP contribution is 2.18. The van der Waals surface area contributed by atoms with Gasteiger partial charge >= 0.3 is 0 Å². The van der Waals surface area contributed by atoms with Crippen molar-refractivity contribution in [2.24, 2.45) is 5.73 Å². The Labute approximate surface area is 133 Å². The van der Waals surface area contributed by atoms with Crippen molar-refractivity contribution in [2.45, 2.75) is 38.8 Å². The van der Waals surface area contributed by atoms with E-state index in [-0.39, 0.29) is 24.3 Å². The Morgan fingerprint density at radius 2 is 2.18 bits per heavy atom. The second-order valence-corrected chi connectivity index (χ2v) is 6.89. The zero-order valence-electron chi connectivity index (χ0n) is 12.8. The maximum Gasteiger partial charge on any atom is 0.263 e. The normalized spacial score (nSPS) is 22.5. The average Bonchev–Trinajstić information content (AvgIpc) is 2.75. The predicted octanol–water partition coefficient (Wildman–Crippen LogP) is -0.200. The lowest BCUT2D eigenvalue weighted by molar-refractivity contribution is -0.118. The molecule has 7 nitrogen and oxygen atoms in total. The summed E-state index contributed by atoms with van der Waals surface area (Å²) in [5.41, 5.74) is 5.88. The van der Waals surface area contributed by atoms with E-state index in [2.05, 4.69) is 10.3 Å². The summed E-state index contributed by atoms with van der Waals surface area (Å²) in [5.74, 6) is -0.520. The smallest absolute Gasteiger partial charge is 0.263 e. The maximum atomic E-state index is 12.3. The minimum atomic E-state index is -0.517. The molecular weight excluding hydrogens is 304 g/mol. The van der Waals surface area contributed by atoms with Crippen LogP contribution in [0.15, 0.2) is 0 Å². The number of β-amino-alcohol motifs (C(OH)–C–C–N with tert-alkyl or cyclic N) is 1. The standard InChI is InChI=1S/C14H22N4O3S/c1-8-13(22-9(2)16-8)14(21)17-10-5-11(19)7-18(6-10)4-3-12(15)20/h10-11,19H,3-7H2,1-2H3,(H2,15,20)(H,17,21)/t10-,11+/m0/s1. The second kappa shape index (κ2) is 7.17. The molecule has 2 atom stereocenters. The van der Waals surface area contributed by atoms with E-state index < -0.39 is 6.10 Å². The fraction of sp³-hybridized carbons (Fsp3) is 0.643. The summed E-state index contributed by atoms with van der Waals surface area (Å²) < 4.78 is 0. The molecule has 1 fully saturated rings. The molecule has 2 rings (SSSR count). The molecular formula is C14H22N4O3S. The highest BCUT2D eigenvalue weighted by molar-refractivity contribution is 7.13. The van der Waals surface area contributed by atoms with Crippen LogP contribution in [0.5, 0.6) is 0 Å². The molecule has 1 aliphatic rings. The van der Waals surface area contributed by atoms with E-state index >= 15 is 0 Å². The van der Waals surface area contributed by atoms with E-state index in [1.165, 1.54) is 11.3 Å². The first-order valence-electron chi connectivity index (χ1n) is 7.28. The monoisotopic (exact) mass is 326 g/mol. The highest BCUT2D eigenvalue weighted by atomic mass is 32.1. The summed E-state index contributed by atoms with van der Waals surface area (Å²) in [6.45, 7) is 5.28. The van der Waals surface area contributed by atoms with Crippen molar-refractivity contribution in [3.8, 4) is 0 Å². The van der Waals surface area contributed by atoms with Crippen LogP contribution in [0.3, 0.4) is 0 Å². The number of nitrogens with one attached hydrogen (secondary N) is 1. The van der Waals surface area contributed by atoms with Crippen molar-refractivity contribution in [3.63, 3.8) is 0 Å². The molecule has 2 heterocycles. The lowest BCUT2D eigenvalue weighted by Gasteiger charge is -2.35. The molecule has 0 bridgehead atoms. The minimum absolute atomic E-state index is 0.147. The first-order valence-corrected chi connectivity index (χ1v) is 8.10. The Kier molecular flexibility index (Phi) is 5.49. The number of carbonyl (C=O) groups excluding carboxylic acids is 2.